The summed E-state index contributed by atoms with van der Waals surface area (Å²) in [6.07, 6.45) is 5.13. The number of pyridine rings is 1. The smallest absolute Gasteiger partial charge is 0.264 e. The third-order valence-electron chi connectivity index (χ3n) is 5.56. The first-order chi connectivity index (χ1) is 17.2. The van der Waals surface area contributed by atoms with Crippen molar-refractivity contribution in [1.29, 1.82) is 0 Å². The molecule has 2 aromatic carbocycles. The summed E-state index contributed by atoms with van der Waals surface area (Å²) in [5.74, 6) is -1.96. The van der Waals surface area contributed by atoms with E-state index in [9.17, 15) is 22.0 Å². The zero-order valence-corrected chi connectivity index (χ0v) is 20.5. The quantitative estimate of drug-likeness (QED) is 0.267. The minimum absolute atomic E-state index is 0.0879. The van der Waals surface area contributed by atoms with Crippen molar-refractivity contribution in [3.63, 3.8) is 0 Å². The maximum absolute atomic E-state index is 14.0. The Labute approximate surface area is 209 Å². The Morgan fingerprint density at radius 2 is 1.78 bits per heavy atom. The number of carbonyl (C=O) groups is 1. The molecule has 36 heavy (non-hydrogen) atoms. The molecule has 0 saturated heterocycles. The van der Waals surface area contributed by atoms with Crippen LogP contribution < -0.4 is 4.72 Å². The predicted molar refractivity (Wildman–Crippen MR) is 136 cm³/mol. The van der Waals surface area contributed by atoms with Gasteiger partial charge in [-0.15, -0.1) is 11.3 Å². The highest BCUT2D eigenvalue weighted by Gasteiger charge is 2.20. The number of Topliss-reactive ketones (excluding diaryl/α,β-unsaturated/α-hetero) is 1. The largest absolute Gasteiger partial charge is 0.361 e. The van der Waals surface area contributed by atoms with Crippen molar-refractivity contribution >= 4 is 43.7 Å². The van der Waals surface area contributed by atoms with Crippen molar-refractivity contribution in [3.8, 4) is 20.9 Å². The molecule has 0 amide bonds. The van der Waals surface area contributed by atoms with Crippen LogP contribution in [0.15, 0.2) is 78.1 Å². The number of nitrogens with one attached hydrogen (secondary N) is 2. The van der Waals surface area contributed by atoms with Crippen molar-refractivity contribution < 1.29 is 22.0 Å². The van der Waals surface area contributed by atoms with Crippen molar-refractivity contribution in [2.24, 2.45) is 0 Å². The van der Waals surface area contributed by atoms with Crippen LogP contribution in [-0.4, -0.2) is 24.2 Å². The van der Waals surface area contributed by atoms with E-state index in [-0.39, 0.29) is 11.5 Å². The molecule has 5 aromatic rings. The molecule has 0 atom stereocenters. The number of anilines is 1. The van der Waals surface area contributed by atoms with Crippen LogP contribution in [0.1, 0.15) is 12.5 Å². The van der Waals surface area contributed by atoms with Gasteiger partial charge in [-0.05, 0) is 60.5 Å². The van der Waals surface area contributed by atoms with Gasteiger partial charge in [-0.2, -0.15) is 0 Å². The van der Waals surface area contributed by atoms with Gasteiger partial charge >= 0.3 is 0 Å². The van der Waals surface area contributed by atoms with Gasteiger partial charge in [0.15, 0.2) is 0 Å². The molecule has 0 fully saturated rings. The standard InChI is InChI=1S/C26H19F2N3O3S2/c1-15(32)8-17-13-30-23-4-2-16(10-21(17)23)24-5-6-25(35-24)18-9-20(14-29-12-18)31-36(33,34)26-7-3-19(27)11-22(26)28/h2-7,9-14,30-31H,8H2,1H3. The zero-order valence-electron chi connectivity index (χ0n) is 18.9. The summed E-state index contributed by atoms with van der Waals surface area (Å²) in [5, 5.41) is 0.990. The summed E-state index contributed by atoms with van der Waals surface area (Å²) in [6, 6.07) is 13.7. The van der Waals surface area contributed by atoms with E-state index in [1.807, 2.05) is 36.5 Å². The lowest BCUT2D eigenvalue weighted by Gasteiger charge is -2.09. The fourth-order valence-corrected chi connectivity index (χ4v) is 6.01. The SMILES string of the molecule is CC(=O)Cc1c[nH]c2ccc(-c3ccc(-c4cncc(NS(=O)(=O)c5ccc(F)cc5F)c4)s3)cc12. The number of ketones is 1. The number of benzene rings is 2. The van der Waals surface area contributed by atoms with Crippen LogP contribution in [0.25, 0.3) is 31.8 Å². The summed E-state index contributed by atoms with van der Waals surface area (Å²) >= 11 is 1.50. The Morgan fingerprint density at radius 3 is 2.53 bits per heavy atom. The van der Waals surface area contributed by atoms with Gasteiger partial charge in [0, 0.05) is 51.1 Å². The number of hydrogen-bond acceptors (Lipinski definition) is 5. The number of H-pyrrole nitrogens is 1. The van der Waals surface area contributed by atoms with Crippen molar-refractivity contribution in [1.82, 2.24) is 9.97 Å². The molecular weight excluding hydrogens is 504 g/mol. The molecule has 10 heteroatoms. The summed E-state index contributed by atoms with van der Waals surface area (Å²) in [4.78, 5) is 20.1. The van der Waals surface area contributed by atoms with Gasteiger partial charge in [0.1, 0.15) is 22.3 Å². The third kappa shape index (κ3) is 4.77. The first-order valence-corrected chi connectivity index (χ1v) is 13.1. The van der Waals surface area contributed by atoms with Gasteiger partial charge < -0.3 is 4.98 Å². The fraction of sp³-hybridized carbons (Fsp3) is 0.0769. The molecule has 0 spiro atoms. The summed E-state index contributed by atoms with van der Waals surface area (Å²) in [7, 11) is -4.28. The van der Waals surface area contributed by atoms with Gasteiger partial charge in [0.25, 0.3) is 10.0 Å². The maximum atomic E-state index is 14.0. The highest BCUT2D eigenvalue weighted by molar-refractivity contribution is 7.92. The van der Waals surface area contributed by atoms with E-state index in [1.54, 1.807) is 19.2 Å². The highest BCUT2D eigenvalue weighted by Crippen LogP contribution is 2.36. The average molecular weight is 524 g/mol. The van der Waals surface area contributed by atoms with Gasteiger partial charge in [-0.25, -0.2) is 17.2 Å². The molecule has 0 aliphatic carbocycles. The molecular formula is C26H19F2N3O3S2. The zero-order chi connectivity index (χ0) is 25.4. The van der Waals surface area contributed by atoms with Gasteiger partial charge in [-0.1, -0.05) is 6.07 Å². The molecule has 0 aliphatic heterocycles. The first-order valence-electron chi connectivity index (χ1n) is 10.8. The summed E-state index contributed by atoms with van der Waals surface area (Å²) in [6.45, 7) is 1.56. The van der Waals surface area contributed by atoms with Crippen molar-refractivity contribution in [3.05, 3.63) is 90.4 Å². The number of aromatic amines is 1. The number of fused-ring (bicyclic) bond motifs is 1. The maximum Gasteiger partial charge on any atom is 0.264 e. The van der Waals surface area contributed by atoms with Crippen molar-refractivity contribution in [2.75, 3.05) is 4.72 Å². The lowest BCUT2D eigenvalue weighted by Crippen LogP contribution is -2.15. The number of rotatable bonds is 7. The van der Waals surface area contributed by atoms with Crippen LogP contribution in [0.2, 0.25) is 0 Å². The van der Waals surface area contributed by atoms with Crippen LogP contribution in [0.3, 0.4) is 0 Å². The molecule has 6 nitrogen and oxygen atoms in total. The molecule has 0 radical (unpaired) electrons. The Bertz CT molecular complexity index is 1730. The number of aromatic nitrogens is 2. The lowest BCUT2D eigenvalue weighted by molar-refractivity contribution is -0.116. The molecule has 2 N–H and O–H groups in total. The normalized spacial score (nSPS) is 11.6. The van der Waals surface area contributed by atoms with Gasteiger partial charge in [0.2, 0.25) is 0 Å². The highest BCUT2D eigenvalue weighted by atomic mass is 32.2. The number of thiophene rings is 1. The van der Waals surface area contributed by atoms with E-state index in [2.05, 4.69) is 14.7 Å². The van der Waals surface area contributed by atoms with E-state index in [1.165, 1.54) is 17.5 Å². The molecule has 182 valence electrons. The van der Waals surface area contributed by atoms with E-state index in [0.29, 0.717) is 18.1 Å². The lowest BCUT2D eigenvalue weighted by atomic mass is 10.1. The summed E-state index contributed by atoms with van der Waals surface area (Å²) < 4.78 is 54.8. The second-order valence-electron chi connectivity index (χ2n) is 8.26. The third-order valence-corrected chi connectivity index (χ3v) is 8.15. The fourth-order valence-electron chi connectivity index (χ4n) is 3.93. The van der Waals surface area contributed by atoms with E-state index >= 15 is 0 Å². The van der Waals surface area contributed by atoms with E-state index < -0.39 is 26.6 Å². The number of nitrogens with zero attached hydrogens (tertiary/aromatic N) is 1. The number of carbonyl (C=O) groups excluding carboxylic acids is 1. The molecule has 0 saturated carbocycles. The first kappa shape index (κ1) is 23.8. The topological polar surface area (TPSA) is 91.9 Å². The van der Waals surface area contributed by atoms with Crippen LogP contribution in [0, 0.1) is 11.6 Å². The second kappa shape index (κ2) is 9.29. The molecule has 0 aliphatic rings. The molecule has 0 bridgehead atoms. The van der Waals surface area contributed by atoms with Gasteiger partial charge in [-0.3, -0.25) is 14.5 Å². The predicted octanol–water partition coefficient (Wildman–Crippen LogP) is 6.17. The Morgan fingerprint density at radius 1 is 1.00 bits per heavy atom. The van der Waals surface area contributed by atoms with E-state index in [4.69, 9.17) is 0 Å². The number of hydrogen-bond donors (Lipinski definition) is 2. The monoisotopic (exact) mass is 523 g/mol. The van der Waals surface area contributed by atoms with Crippen molar-refractivity contribution in [2.45, 2.75) is 18.2 Å². The van der Waals surface area contributed by atoms with Gasteiger partial charge in [0.05, 0.1) is 11.9 Å². The average Bonchev–Trinajstić information content (AvgIpc) is 3.46. The minimum atomic E-state index is -4.28. The Kier molecular flexibility index (Phi) is 6.15. The van der Waals surface area contributed by atoms with Crippen LogP contribution in [0.4, 0.5) is 14.5 Å². The second-order valence-corrected chi connectivity index (χ2v) is 11.0. The van der Waals surface area contributed by atoms with Crippen LogP contribution in [0.5, 0.6) is 0 Å². The number of halogens is 2. The minimum Gasteiger partial charge on any atom is -0.361 e. The Hall–Kier alpha value is -3.89. The molecule has 0 unspecified atom stereocenters. The molecule has 5 rings (SSSR count). The Balaban J connectivity index is 1.42. The van der Waals surface area contributed by atoms with E-state index in [0.717, 1.165) is 43.9 Å². The number of sulfonamides is 1. The summed E-state index contributed by atoms with van der Waals surface area (Å²) in [5.41, 5.74) is 3.70. The van der Waals surface area contributed by atoms with Crippen LogP contribution in [-0.2, 0) is 21.2 Å². The molecule has 3 aromatic heterocycles. The van der Waals surface area contributed by atoms with Crippen LogP contribution >= 0.6 is 11.3 Å². The molecule has 3 heterocycles.